The van der Waals surface area contributed by atoms with Crippen molar-refractivity contribution in [2.45, 2.75) is 26.2 Å². The Hall–Kier alpha value is -4.56. The molecule has 0 spiro atoms. The van der Waals surface area contributed by atoms with Gasteiger partial charge in [-0.2, -0.15) is 8.78 Å². The van der Waals surface area contributed by atoms with Gasteiger partial charge in [0.2, 0.25) is 10.9 Å². The van der Waals surface area contributed by atoms with E-state index in [9.17, 15) is 8.78 Å². The van der Waals surface area contributed by atoms with E-state index in [1.807, 2.05) is 18.2 Å². The molecule has 0 atom stereocenters. The van der Waals surface area contributed by atoms with Crippen molar-refractivity contribution in [2.24, 2.45) is 0 Å². The van der Waals surface area contributed by atoms with Crippen LogP contribution in [-0.2, 0) is 5.41 Å². The van der Waals surface area contributed by atoms with Gasteiger partial charge in [-0.15, -0.1) is 0 Å². The molecule has 0 aliphatic heterocycles. The molecule has 0 aliphatic rings. The van der Waals surface area contributed by atoms with Crippen molar-refractivity contribution in [1.29, 1.82) is 0 Å². The summed E-state index contributed by atoms with van der Waals surface area (Å²) in [6, 6.07) is 25.0. The van der Waals surface area contributed by atoms with Crippen molar-refractivity contribution in [3.63, 3.8) is 0 Å². The molecule has 0 saturated carbocycles. The molecule has 0 amide bonds. The average Bonchev–Trinajstić information content (AvgIpc) is 3.46. The summed E-state index contributed by atoms with van der Waals surface area (Å²) in [6.07, 6.45) is 3.44. The minimum absolute atomic E-state index is 0.0985. The van der Waals surface area contributed by atoms with Gasteiger partial charge in [-0.05, 0) is 74.7 Å². The Labute approximate surface area is 233 Å². The van der Waals surface area contributed by atoms with Gasteiger partial charge in [-0.1, -0.05) is 63.2 Å². The van der Waals surface area contributed by atoms with Gasteiger partial charge in [0.15, 0.2) is 16.9 Å². The zero-order valence-corrected chi connectivity index (χ0v) is 22.8. The topological polar surface area (TPSA) is 56.0 Å². The van der Waals surface area contributed by atoms with Crippen LogP contribution in [0.3, 0.4) is 0 Å². The predicted octanol–water partition coefficient (Wildman–Crippen LogP) is 8.46. The van der Waals surface area contributed by atoms with E-state index in [0.29, 0.717) is 22.9 Å². The van der Waals surface area contributed by atoms with Crippen LogP contribution in [0.25, 0.3) is 61.4 Å². The van der Waals surface area contributed by atoms with Crippen molar-refractivity contribution in [1.82, 2.24) is 23.7 Å². The molecule has 40 heavy (non-hydrogen) atoms. The van der Waals surface area contributed by atoms with Crippen molar-refractivity contribution < 1.29 is 8.78 Å². The number of hydrogen-bond acceptors (Lipinski definition) is 5. The molecule has 5 nitrogen and oxygen atoms in total. The van der Waals surface area contributed by atoms with Crippen molar-refractivity contribution in [2.75, 3.05) is 0 Å². The first-order valence-corrected chi connectivity index (χ1v) is 13.6. The summed E-state index contributed by atoms with van der Waals surface area (Å²) in [5.41, 5.74) is 7.15. The molecular formula is C32H23F2N5S. The lowest BCUT2D eigenvalue weighted by Crippen LogP contribution is -2.12. The number of nitrogens with zero attached hydrogens (tertiary/aromatic N) is 5. The molecule has 7 rings (SSSR count). The summed E-state index contributed by atoms with van der Waals surface area (Å²) in [5, 5.41) is 1.33. The van der Waals surface area contributed by atoms with Crippen LogP contribution in [0.4, 0.5) is 8.78 Å². The number of fused-ring (bicyclic) bond motifs is 4. The maximum atomic E-state index is 14.2. The van der Waals surface area contributed by atoms with Gasteiger partial charge in [-0.3, -0.25) is 4.98 Å². The molecule has 0 N–H and O–H groups in total. The first-order chi connectivity index (χ1) is 19.3. The molecule has 3 aromatic carbocycles. The van der Waals surface area contributed by atoms with Gasteiger partial charge in [0.25, 0.3) is 0 Å². The highest BCUT2D eigenvalue weighted by Gasteiger charge is 2.22. The number of halogens is 2. The van der Waals surface area contributed by atoms with Gasteiger partial charge in [0, 0.05) is 17.3 Å². The van der Waals surface area contributed by atoms with E-state index in [4.69, 9.17) is 4.98 Å². The lowest BCUT2D eigenvalue weighted by molar-refractivity contribution is 0.536. The van der Waals surface area contributed by atoms with E-state index in [1.165, 1.54) is 9.35 Å². The lowest BCUT2D eigenvalue weighted by Gasteiger charge is -2.23. The Kier molecular flexibility index (Phi) is 5.50. The maximum absolute atomic E-state index is 14.2. The number of rotatable bonds is 3. The minimum Gasteiger partial charge on any atom is -0.256 e. The van der Waals surface area contributed by atoms with Gasteiger partial charge >= 0.3 is 0 Å². The third-order valence-corrected chi connectivity index (χ3v) is 7.97. The SMILES string of the molecule is CC(C)(C)c1cc(-c2cnc3c(n2)nc2c(F)c(F)sn23)cc2c(-c3cccc(-c4ccccn4)c3)cccc12. The van der Waals surface area contributed by atoms with Crippen LogP contribution in [0, 0.1) is 10.9 Å². The molecule has 0 unspecified atom stereocenters. The molecule has 7 aromatic rings. The molecule has 8 heteroatoms. The first kappa shape index (κ1) is 24.5. The van der Waals surface area contributed by atoms with E-state index in [2.05, 4.69) is 90.3 Å². The van der Waals surface area contributed by atoms with Crippen LogP contribution >= 0.6 is 11.5 Å². The Morgan fingerprint density at radius 3 is 2.35 bits per heavy atom. The largest absolute Gasteiger partial charge is 0.256 e. The number of benzene rings is 3. The van der Waals surface area contributed by atoms with Crippen LogP contribution < -0.4 is 0 Å². The van der Waals surface area contributed by atoms with Crippen molar-refractivity contribution in [3.8, 4) is 33.6 Å². The number of pyridine rings is 1. The average molecular weight is 548 g/mol. The summed E-state index contributed by atoms with van der Waals surface area (Å²) in [4.78, 5) is 18.0. The van der Waals surface area contributed by atoms with E-state index >= 15 is 0 Å². The fourth-order valence-electron chi connectivity index (χ4n) is 5.19. The molecule has 4 aromatic heterocycles. The minimum atomic E-state index is -0.982. The van der Waals surface area contributed by atoms with Crippen LogP contribution in [-0.4, -0.2) is 23.7 Å². The fourth-order valence-corrected chi connectivity index (χ4v) is 5.95. The zero-order valence-electron chi connectivity index (χ0n) is 22.0. The highest BCUT2D eigenvalue weighted by Crippen LogP contribution is 2.39. The number of imidazole rings is 1. The van der Waals surface area contributed by atoms with Gasteiger partial charge in [0.1, 0.15) is 0 Å². The second kappa shape index (κ2) is 8.99. The quantitative estimate of drug-likeness (QED) is 0.223. The second-order valence-electron chi connectivity index (χ2n) is 10.8. The fraction of sp³-hybridized carbons (Fsp3) is 0.125. The normalized spacial score (nSPS) is 12.1. The van der Waals surface area contributed by atoms with Crippen LogP contribution in [0.2, 0.25) is 0 Å². The van der Waals surface area contributed by atoms with E-state index in [1.54, 1.807) is 12.4 Å². The monoisotopic (exact) mass is 547 g/mol. The second-order valence-corrected chi connectivity index (χ2v) is 11.7. The number of hydrogen-bond donors (Lipinski definition) is 0. The molecule has 0 radical (unpaired) electrons. The van der Waals surface area contributed by atoms with E-state index < -0.39 is 10.9 Å². The third kappa shape index (κ3) is 3.95. The number of aromatic nitrogens is 5. The van der Waals surface area contributed by atoms with Crippen molar-refractivity contribution >= 4 is 39.2 Å². The third-order valence-electron chi connectivity index (χ3n) is 7.11. The summed E-state index contributed by atoms with van der Waals surface area (Å²) >= 11 is 0.629. The smallest absolute Gasteiger partial charge is 0.232 e. The molecule has 0 aliphatic carbocycles. The zero-order chi connectivity index (χ0) is 27.6. The first-order valence-electron chi connectivity index (χ1n) is 12.9. The maximum Gasteiger partial charge on any atom is 0.232 e. The van der Waals surface area contributed by atoms with Gasteiger partial charge in [-0.25, -0.2) is 18.7 Å². The molecular weight excluding hydrogens is 524 g/mol. The van der Waals surface area contributed by atoms with Gasteiger partial charge in [0.05, 0.1) is 17.6 Å². The Morgan fingerprint density at radius 2 is 1.55 bits per heavy atom. The molecule has 196 valence electrons. The summed E-state index contributed by atoms with van der Waals surface area (Å²) < 4.78 is 29.3. The Bertz CT molecular complexity index is 2070. The molecule has 0 fully saturated rings. The highest BCUT2D eigenvalue weighted by atomic mass is 32.1. The standard InChI is InChI=1S/C32H23F2N5S/c1-32(2,3)24-16-20(26-17-36-31-29(37-26)38-30-27(33)28(34)40-39(30)31)15-23-21(10-7-11-22(23)24)18-8-6-9-19(14-18)25-12-4-5-13-35-25/h4-17H,1-3H3. The van der Waals surface area contributed by atoms with Crippen LogP contribution in [0.1, 0.15) is 26.3 Å². The Balaban J connectivity index is 1.44. The Morgan fingerprint density at radius 1 is 0.725 bits per heavy atom. The summed E-state index contributed by atoms with van der Waals surface area (Å²) in [5.74, 6) is -0.982. The molecule has 0 saturated heterocycles. The highest BCUT2D eigenvalue weighted by molar-refractivity contribution is 7.05. The van der Waals surface area contributed by atoms with Gasteiger partial charge < -0.3 is 0 Å². The predicted molar refractivity (Wildman–Crippen MR) is 156 cm³/mol. The van der Waals surface area contributed by atoms with E-state index in [-0.39, 0.29) is 16.7 Å². The van der Waals surface area contributed by atoms with Crippen molar-refractivity contribution in [3.05, 3.63) is 102 Å². The van der Waals surface area contributed by atoms with Crippen LogP contribution in [0.5, 0.6) is 0 Å². The summed E-state index contributed by atoms with van der Waals surface area (Å²) in [6.45, 7) is 6.57. The lowest BCUT2D eigenvalue weighted by atomic mass is 9.81. The summed E-state index contributed by atoms with van der Waals surface area (Å²) in [7, 11) is 0. The molecule has 4 heterocycles. The van der Waals surface area contributed by atoms with E-state index in [0.717, 1.165) is 38.7 Å². The van der Waals surface area contributed by atoms with Crippen LogP contribution in [0.15, 0.2) is 85.2 Å². The molecule has 0 bridgehead atoms.